The predicted molar refractivity (Wildman–Crippen MR) is 46.5 cm³/mol. The first-order chi connectivity index (χ1) is 5.00. The van der Waals surface area contributed by atoms with Crippen molar-refractivity contribution in [2.45, 2.75) is 12.8 Å². The molecule has 0 aliphatic heterocycles. The summed E-state index contributed by atoms with van der Waals surface area (Å²) in [5, 5.41) is 0. The summed E-state index contributed by atoms with van der Waals surface area (Å²) < 4.78 is 0. The number of hydrogen-bond donors (Lipinski definition) is 0. The van der Waals surface area contributed by atoms with Crippen molar-refractivity contribution >= 4 is 0 Å². The van der Waals surface area contributed by atoms with Gasteiger partial charge in [-0.2, -0.15) is 12.2 Å². The third-order valence-corrected chi connectivity index (χ3v) is 1.17. The zero-order chi connectivity index (χ0) is 7.07. The molecule has 0 N–H and O–H groups in total. The summed E-state index contributed by atoms with van der Waals surface area (Å²) in [4.78, 5) is 0. The minimum atomic E-state index is 0. The molecule has 0 aromatic carbocycles. The molecule has 11 heavy (non-hydrogen) atoms. The zero-order valence-electron chi connectivity index (χ0n) is 9.33. The van der Waals surface area contributed by atoms with Gasteiger partial charge in [0, 0.05) is 0 Å². The Hall–Kier alpha value is -0.300. The normalized spacial score (nSPS) is 16.0. The van der Waals surface area contributed by atoms with Crippen molar-refractivity contribution in [2.75, 3.05) is 0 Å². The zero-order valence-corrected chi connectivity index (χ0v) is 8.52. The van der Waals surface area contributed by atoms with Gasteiger partial charge >= 0.3 is 22.4 Å². The van der Waals surface area contributed by atoms with E-state index in [0.717, 1.165) is 12.8 Å². The first kappa shape index (κ1) is 10.7. The van der Waals surface area contributed by atoms with Gasteiger partial charge in [-0.3, -0.25) is 12.2 Å². The number of hydrogen-bond acceptors (Lipinski definition) is 0. The van der Waals surface area contributed by atoms with Gasteiger partial charge in [0.15, 0.2) is 0 Å². The van der Waals surface area contributed by atoms with Crippen LogP contribution in [0.25, 0.3) is 0 Å². The van der Waals surface area contributed by atoms with Crippen molar-refractivity contribution in [1.82, 2.24) is 0 Å². The average molecular weight is 226 g/mol. The van der Waals surface area contributed by atoms with Crippen LogP contribution in [0.1, 0.15) is 17.1 Å². The van der Waals surface area contributed by atoms with E-state index < -0.39 is 0 Å². The van der Waals surface area contributed by atoms with Crippen molar-refractivity contribution < 1.29 is 26.7 Å². The molecule has 0 unspecified atom stereocenters. The molecule has 0 fully saturated rings. The summed E-state index contributed by atoms with van der Waals surface area (Å²) in [7, 11) is 0. The molecule has 0 atom stereocenters. The Morgan fingerprint density at radius 3 is 1.45 bits per heavy atom. The van der Waals surface area contributed by atoms with Crippen LogP contribution in [0, 0.1) is 12.2 Å². The van der Waals surface area contributed by atoms with E-state index in [1.807, 2.05) is 24.3 Å². The van der Waals surface area contributed by atoms with Gasteiger partial charge in [-0.1, -0.05) is 0 Å². The van der Waals surface area contributed by atoms with Crippen LogP contribution in [0.2, 0.25) is 0 Å². The fraction of sp³-hybridized carbons (Fsp3) is 0.200. The Balaban J connectivity index is -0.0000000556. The van der Waals surface area contributed by atoms with E-state index in [1.165, 1.54) is 0 Å². The summed E-state index contributed by atoms with van der Waals surface area (Å²) in [5.41, 5.74) is 0. The summed E-state index contributed by atoms with van der Waals surface area (Å²) in [5.74, 6) is 0. The van der Waals surface area contributed by atoms with Gasteiger partial charge in [-0.25, -0.2) is 24.3 Å². The number of allylic oxidation sites excluding steroid dienone is 8. The molecule has 0 nitrogen and oxygen atoms in total. The molecule has 2 aliphatic rings. The molecule has 0 heterocycles. The monoisotopic (exact) mass is 226 g/mol. The summed E-state index contributed by atoms with van der Waals surface area (Å²) in [6.07, 6.45) is 20.0. The molecule has 0 aromatic heterocycles. The molecule has 0 saturated carbocycles. The van der Waals surface area contributed by atoms with E-state index in [9.17, 15) is 0 Å². The molecule has 0 aromatic rings. The fourth-order valence-electron chi connectivity index (χ4n) is 0.680. The summed E-state index contributed by atoms with van der Waals surface area (Å²) >= 11 is 0. The van der Waals surface area contributed by atoms with Crippen molar-refractivity contribution in [3.05, 3.63) is 48.6 Å². The summed E-state index contributed by atoms with van der Waals surface area (Å²) in [6, 6.07) is 0. The first-order valence-corrected chi connectivity index (χ1v) is 3.43. The molecular weight excluding hydrogens is 213 g/mol. The molecule has 2 aliphatic carbocycles. The van der Waals surface area contributed by atoms with E-state index >= 15 is 0 Å². The Morgan fingerprint density at radius 2 is 1.36 bits per heavy atom. The summed E-state index contributed by atoms with van der Waals surface area (Å²) in [6.45, 7) is 0. The molecule has 58 valence electrons. The van der Waals surface area contributed by atoms with Crippen molar-refractivity contribution in [3.63, 3.8) is 0 Å². The molecule has 0 saturated heterocycles. The van der Waals surface area contributed by atoms with Crippen molar-refractivity contribution in [2.24, 2.45) is 0 Å². The van der Waals surface area contributed by atoms with E-state index in [0.29, 0.717) is 0 Å². The molecule has 0 amide bonds. The van der Waals surface area contributed by atoms with Gasteiger partial charge in [-0.05, 0) is 0 Å². The van der Waals surface area contributed by atoms with Crippen LogP contribution < -0.4 is 0 Å². The number of rotatable bonds is 0. The Labute approximate surface area is 88.3 Å². The maximum absolute atomic E-state index is 2.99. The van der Waals surface area contributed by atoms with Gasteiger partial charge in [0.25, 0.3) is 0 Å². The fourth-order valence-corrected chi connectivity index (χ4v) is 0.680. The third kappa shape index (κ3) is 6.11. The van der Waals surface area contributed by atoms with E-state index in [2.05, 4.69) is 24.3 Å². The van der Waals surface area contributed by atoms with E-state index in [1.54, 1.807) is 0 Å². The van der Waals surface area contributed by atoms with Crippen LogP contribution in [0.5, 0.6) is 0 Å². The van der Waals surface area contributed by atoms with Crippen LogP contribution in [0.3, 0.4) is 0 Å². The smallest absolute Gasteiger partial charge is 1.00 e. The predicted octanol–water partition coefficient (Wildman–Crippen LogP) is 2.95. The largest absolute Gasteiger partial charge is 5.00 e. The third-order valence-electron chi connectivity index (χ3n) is 1.17. The van der Waals surface area contributed by atoms with Crippen molar-refractivity contribution in [1.29, 1.82) is 0 Å². The topological polar surface area (TPSA) is 0 Å². The van der Waals surface area contributed by atoms with Crippen molar-refractivity contribution in [3.8, 4) is 0 Å². The molecule has 0 spiro atoms. The average Bonchev–Trinajstić information content (AvgIpc) is 2.67. The molecule has 0 bridgehead atoms. The standard InChI is InChI=1S/2C5H5.Nb.3H/c2*1-2-4-5-3-1;;;;/h2*1-3H,4H2;;;;/q2*-1;+5;3*-1. The van der Waals surface area contributed by atoms with E-state index in [4.69, 9.17) is 0 Å². The van der Waals surface area contributed by atoms with E-state index in [-0.39, 0.29) is 26.7 Å². The van der Waals surface area contributed by atoms with Crippen LogP contribution in [0.4, 0.5) is 0 Å². The van der Waals surface area contributed by atoms with Crippen LogP contribution in [-0.2, 0) is 22.4 Å². The maximum Gasteiger partial charge on any atom is 5.00 e. The quantitative estimate of drug-likeness (QED) is 0.440. The minimum absolute atomic E-state index is 0. The second-order valence-electron chi connectivity index (χ2n) is 2.01. The SMILES string of the molecule is [C-]1=CC=CC1.[C-]1=CC=CC1.[H-].[H-].[H-].[Nb+5]. The molecule has 2 rings (SSSR count). The van der Waals surface area contributed by atoms with Crippen LogP contribution in [0.15, 0.2) is 36.5 Å². The Morgan fingerprint density at radius 1 is 0.909 bits per heavy atom. The minimum Gasteiger partial charge on any atom is -1.00 e. The van der Waals surface area contributed by atoms with Crippen LogP contribution >= 0.6 is 0 Å². The van der Waals surface area contributed by atoms with Gasteiger partial charge in [0.2, 0.25) is 0 Å². The van der Waals surface area contributed by atoms with Crippen LogP contribution in [-0.4, -0.2) is 0 Å². The van der Waals surface area contributed by atoms with Gasteiger partial charge in [-0.15, -0.1) is 12.8 Å². The second kappa shape index (κ2) is 7.80. The Kier molecular flexibility index (Phi) is 7.59. The van der Waals surface area contributed by atoms with Gasteiger partial charge in [0.05, 0.1) is 0 Å². The first-order valence-electron chi connectivity index (χ1n) is 3.43. The maximum atomic E-state index is 2.99. The molecule has 1 heteroatoms. The van der Waals surface area contributed by atoms with Gasteiger partial charge in [0.1, 0.15) is 0 Å². The molecular formula is C10H13Nb. The van der Waals surface area contributed by atoms with Gasteiger partial charge < -0.3 is 4.28 Å². The Bertz CT molecular complexity index is 154. The second-order valence-corrected chi connectivity index (χ2v) is 2.01. The molecule has 0 radical (unpaired) electrons.